The van der Waals surface area contributed by atoms with E-state index in [-0.39, 0.29) is 17.9 Å². The van der Waals surface area contributed by atoms with E-state index >= 15 is 0 Å². The van der Waals surface area contributed by atoms with Crippen molar-refractivity contribution in [3.63, 3.8) is 0 Å². The van der Waals surface area contributed by atoms with Gasteiger partial charge in [-0.3, -0.25) is 4.79 Å². The summed E-state index contributed by atoms with van der Waals surface area (Å²) in [5.41, 5.74) is 4.25. The number of nitrogens with zero attached hydrogens (tertiary/aromatic N) is 1. The molecule has 1 N–H and O–H groups in total. The predicted molar refractivity (Wildman–Crippen MR) is 133 cm³/mol. The topological polar surface area (TPSA) is 66.5 Å². The van der Waals surface area contributed by atoms with Crippen molar-refractivity contribution in [2.24, 2.45) is 5.92 Å². The summed E-state index contributed by atoms with van der Waals surface area (Å²) in [6.45, 7) is 6.63. The maximum Gasteiger partial charge on any atom is 0.243 e. The Hall–Kier alpha value is -2.48. The zero-order valence-corrected chi connectivity index (χ0v) is 20.9. The second-order valence-electron chi connectivity index (χ2n) is 8.79. The van der Waals surface area contributed by atoms with Crippen molar-refractivity contribution in [3.8, 4) is 0 Å². The van der Waals surface area contributed by atoms with Crippen molar-refractivity contribution >= 4 is 27.3 Å². The molecule has 1 aliphatic rings. The fourth-order valence-electron chi connectivity index (χ4n) is 4.18. The van der Waals surface area contributed by atoms with Gasteiger partial charge in [-0.05, 0) is 73.9 Å². The molecule has 0 bridgehead atoms. The smallest absolute Gasteiger partial charge is 0.243 e. The molecule has 0 spiro atoms. The van der Waals surface area contributed by atoms with Gasteiger partial charge in [-0.1, -0.05) is 42.0 Å². The average Bonchev–Trinajstić information content (AvgIpc) is 3.34. The van der Waals surface area contributed by atoms with Crippen LogP contribution in [0.4, 0.5) is 0 Å². The van der Waals surface area contributed by atoms with Gasteiger partial charge in [0.15, 0.2) is 0 Å². The van der Waals surface area contributed by atoms with Crippen LogP contribution in [0.1, 0.15) is 46.0 Å². The van der Waals surface area contributed by atoms with E-state index < -0.39 is 10.0 Å². The molecule has 7 heteroatoms. The van der Waals surface area contributed by atoms with Crippen LogP contribution in [0.15, 0.2) is 64.9 Å². The van der Waals surface area contributed by atoms with Gasteiger partial charge in [0.25, 0.3) is 0 Å². The summed E-state index contributed by atoms with van der Waals surface area (Å²) in [6, 6.07) is 17.3. The van der Waals surface area contributed by atoms with E-state index in [1.54, 1.807) is 23.5 Å². The quantitative estimate of drug-likeness (QED) is 0.539. The molecule has 1 atom stereocenters. The number of carbonyl (C=O) groups excluding carboxylic acids is 1. The molecule has 0 radical (unpaired) electrons. The second kappa shape index (κ2) is 9.79. The van der Waals surface area contributed by atoms with Crippen LogP contribution in [-0.2, 0) is 14.8 Å². The van der Waals surface area contributed by atoms with E-state index in [1.807, 2.05) is 44.4 Å². The first-order valence-corrected chi connectivity index (χ1v) is 13.6. The molecule has 0 aliphatic carbocycles. The molecular weight excluding hydrogens is 452 g/mol. The molecule has 33 heavy (non-hydrogen) atoms. The number of sulfonamides is 1. The number of hydrogen-bond donors (Lipinski definition) is 1. The first kappa shape index (κ1) is 23.7. The van der Waals surface area contributed by atoms with Crippen LogP contribution in [-0.4, -0.2) is 31.7 Å². The third-order valence-corrected chi connectivity index (χ3v) is 9.30. The summed E-state index contributed by atoms with van der Waals surface area (Å²) in [6.07, 6.45) is 1.03. The molecule has 1 aliphatic heterocycles. The van der Waals surface area contributed by atoms with Gasteiger partial charge in [0.2, 0.25) is 15.9 Å². The molecule has 2 aromatic carbocycles. The van der Waals surface area contributed by atoms with Crippen molar-refractivity contribution in [1.29, 1.82) is 0 Å². The number of hydrogen-bond acceptors (Lipinski definition) is 4. The highest BCUT2D eigenvalue weighted by Gasteiger charge is 2.33. The van der Waals surface area contributed by atoms with E-state index in [2.05, 4.69) is 29.6 Å². The number of carbonyl (C=O) groups is 1. The van der Waals surface area contributed by atoms with Crippen LogP contribution in [0.3, 0.4) is 0 Å². The molecule has 1 amide bonds. The van der Waals surface area contributed by atoms with Gasteiger partial charge < -0.3 is 5.32 Å². The largest absolute Gasteiger partial charge is 0.344 e. The van der Waals surface area contributed by atoms with Crippen molar-refractivity contribution in [2.75, 3.05) is 13.1 Å². The minimum atomic E-state index is -3.55. The average molecular weight is 483 g/mol. The first-order valence-electron chi connectivity index (χ1n) is 11.2. The second-order valence-corrected chi connectivity index (χ2v) is 11.7. The highest BCUT2D eigenvalue weighted by Crippen LogP contribution is 2.29. The van der Waals surface area contributed by atoms with Gasteiger partial charge >= 0.3 is 0 Å². The van der Waals surface area contributed by atoms with Crippen molar-refractivity contribution in [1.82, 2.24) is 9.62 Å². The molecule has 4 rings (SSSR count). The van der Waals surface area contributed by atoms with E-state index in [0.717, 1.165) is 21.6 Å². The Balaban J connectivity index is 1.44. The third kappa shape index (κ3) is 5.21. The van der Waals surface area contributed by atoms with E-state index in [4.69, 9.17) is 0 Å². The van der Waals surface area contributed by atoms with Crippen LogP contribution in [0.5, 0.6) is 0 Å². The molecule has 2 heterocycles. The maximum absolute atomic E-state index is 13.2. The molecule has 1 aromatic heterocycles. The lowest BCUT2D eigenvalue weighted by Crippen LogP contribution is -2.43. The summed E-state index contributed by atoms with van der Waals surface area (Å²) in [7, 11) is -3.55. The summed E-state index contributed by atoms with van der Waals surface area (Å²) < 4.78 is 27.7. The fourth-order valence-corrected chi connectivity index (χ4v) is 6.53. The number of rotatable bonds is 6. The normalized spacial score (nSPS) is 16.5. The Kier molecular flexibility index (Phi) is 7.02. The van der Waals surface area contributed by atoms with Gasteiger partial charge in [-0.25, -0.2) is 8.42 Å². The number of thiophene rings is 1. The molecule has 174 valence electrons. The Bertz CT molecular complexity index is 1210. The van der Waals surface area contributed by atoms with Gasteiger partial charge in [-0.2, -0.15) is 4.31 Å². The van der Waals surface area contributed by atoms with Gasteiger partial charge in [-0.15, -0.1) is 11.3 Å². The zero-order chi connectivity index (χ0) is 23.6. The summed E-state index contributed by atoms with van der Waals surface area (Å²) in [4.78, 5) is 14.6. The lowest BCUT2D eigenvalue weighted by Gasteiger charge is -2.31. The van der Waals surface area contributed by atoms with E-state index in [0.29, 0.717) is 30.8 Å². The van der Waals surface area contributed by atoms with Crippen LogP contribution in [0, 0.1) is 26.7 Å². The third-order valence-electron chi connectivity index (χ3n) is 6.47. The fraction of sp³-hybridized carbons (Fsp3) is 0.346. The molecule has 1 unspecified atom stereocenters. The Labute approximate surface area is 200 Å². The number of aryl methyl sites for hydroxylation is 3. The molecule has 1 saturated heterocycles. The highest BCUT2D eigenvalue weighted by molar-refractivity contribution is 7.89. The number of nitrogens with one attached hydrogen (secondary N) is 1. The lowest BCUT2D eigenvalue weighted by molar-refractivity contribution is -0.126. The Morgan fingerprint density at radius 1 is 1.00 bits per heavy atom. The number of amides is 1. The first-order chi connectivity index (χ1) is 15.8. The summed E-state index contributed by atoms with van der Waals surface area (Å²) in [5.74, 6) is -0.221. The van der Waals surface area contributed by atoms with Crippen molar-refractivity contribution < 1.29 is 13.2 Å². The highest BCUT2D eigenvalue weighted by atomic mass is 32.2. The summed E-state index contributed by atoms with van der Waals surface area (Å²) in [5, 5.41) is 5.24. The van der Waals surface area contributed by atoms with Crippen molar-refractivity contribution in [3.05, 3.63) is 87.1 Å². The predicted octanol–water partition coefficient (Wildman–Crippen LogP) is 4.98. The van der Waals surface area contributed by atoms with Crippen LogP contribution in [0.25, 0.3) is 0 Å². The minimum absolute atomic E-state index is 0.0165. The van der Waals surface area contributed by atoms with Crippen LogP contribution < -0.4 is 5.32 Å². The minimum Gasteiger partial charge on any atom is -0.344 e. The Morgan fingerprint density at radius 3 is 2.30 bits per heavy atom. The summed E-state index contributed by atoms with van der Waals surface area (Å²) >= 11 is 1.62. The monoisotopic (exact) mass is 482 g/mol. The number of piperidine rings is 1. The maximum atomic E-state index is 13.2. The number of benzene rings is 2. The van der Waals surface area contributed by atoms with Gasteiger partial charge in [0.1, 0.15) is 0 Å². The van der Waals surface area contributed by atoms with Crippen LogP contribution in [0.2, 0.25) is 0 Å². The molecule has 3 aromatic rings. The van der Waals surface area contributed by atoms with E-state index in [1.165, 1.54) is 9.87 Å². The van der Waals surface area contributed by atoms with Gasteiger partial charge in [0.05, 0.1) is 10.9 Å². The lowest BCUT2D eigenvalue weighted by atomic mass is 9.95. The molecule has 5 nitrogen and oxygen atoms in total. The molecule has 0 saturated carbocycles. The standard InChI is InChI=1S/C26H30N2O3S2/c1-18-6-9-21(10-7-18)25(24-5-4-16-32-24)27-26(29)22-12-14-28(15-13-22)33(30,31)23-11-8-19(2)20(3)17-23/h4-11,16-17,22,25H,12-15H2,1-3H3,(H,27,29). The zero-order valence-electron chi connectivity index (χ0n) is 19.2. The SMILES string of the molecule is Cc1ccc(C(NC(=O)C2CCN(S(=O)(=O)c3ccc(C)c(C)c3)CC2)c2cccs2)cc1. The van der Waals surface area contributed by atoms with Gasteiger partial charge in [0, 0.05) is 23.9 Å². The molecule has 1 fully saturated rings. The van der Waals surface area contributed by atoms with Crippen LogP contribution >= 0.6 is 11.3 Å². The molecular formula is C26H30N2O3S2. The van der Waals surface area contributed by atoms with Crippen molar-refractivity contribution in [2.45, 2.75) is 44.6 Å². The van der Waals surface area contributed by atoms with E-state index in [9.17, 15) is 13.2 Å². The Morgan fingerprint density at radius 2 is 1.70 bits per heavy atom.